The van der Waals surface area contributed by atoms with E-state index >= 15 is 0 Å². The van der Waals surface area contributed by atoms with Gasteiger partial charge in [-0.3, -0.25) is 0 Å². The molecule has 1 aromatic carbocycles. The van der Waals surface area contributed by atoms with Gasteiger partial charge >= 0.3 is 6.01 Å². The zero-order chi connectivity index (χ0) is 22.4. The molecule has 0 bridgehead atoms. The van der Waals surface area contributed by atoms with E-state index in [9.17, 15) is 9.50 Å². The highest BCUT2D eigenvalue weighted by Gasteiger charge is 2.30. The molecule has 32 heavy (non-hydrogen) atoms. The molecule has 0 saturated carbocycles. The standard InChI is InChI=1S/C23H29FN6O2/c1-14-8-15-11-25-30(20(15)9-18(14)17-5-6-28(2)13-19(17)24)22-10-21(26-23(27-22)32-3)29-7-4-16(31)12-29/h8-11,16-17,19,31H,4-7,12-13H2,1-3H3/t16-,17+,19+/m0/s1. The van der Waals surface area contributed by atoms with Gasteiger partial charge < -0.3 is 19.6 Å². The highest BCUT2D eigenvalue weighted by Crippen LogP contribution is 2.35. The molecule has 3 aromatic rings. The lowest BCUT2D eigenvalue weighted by Crippen LogP contribution is -2.38. The number of piperidine rings is 1. The van der Waals surface area contributed by atoms with Gasteiger partial charge in [0.1, 0.15) is 12.0 Å². The molecule has 1 N–H and O–H groups in total. The SMILES string of the molecule is COc1nc(N2CC[C@H](O)C2)cc(-n2ncc3cc(C)c([C@H]4CCN(C)C[C@H]4F)cc32)n1. The zero-order valence-corrected chi connectivity index (χ0v) is 18.7. The second-order valence-electron chi connectivity index (χ2n) is 8.96. The fourth-order valence-corrected chi connectivity index (χ4v) is 4.91. The van der Waals surface area contributed by atoms with Crippen molar-refractivity contribution < 1.29 is 14.2 Å². The Morgan fingerprint density at radius 1 is 1.09 bits per heavy atom. The third-order valence-electron chi connectivity index (χ3n) is 6.67. The number of aliphatic hydroxyl groups excluding tert-OH is 1. The number of rotatable bonds is 4. The Balaban J connectivity index is 1.57. The molecule has 2 aliphatic rings. The fraction of sp³-hybridized carbons (Fsp3) is 0.522. The summed E-state index contributed by atoms with van der Waals surface area (Å²) in [6.07, 6.45) is 2.05. The van der Waals surface area contributed by atoms with Gasteiger partial charge in [-0.1, -0.05) is 0 Å². The van der Waals surface area contributed by atoms with Crippen LogP contribution in [-0.4, -0.2) is 82.4 Å². The molecular formula is C23H29FN6O2. The molecule has 2 saturated heterocycles. The smallest absolute Gasteiger partial charge is 0.320 e. The van der Waals surface area contributed by atoms with E-state index in [2.05, 4.69) is 27.2 Å². The van der Waals surface area contributed by atoms with E-state index in [0.717, 1.165) is 41.5 Å². The first-order chi connectivity index (χ1) is 15.4. The van der Waals surface area contributed by atoms with Gasteiger partial charge in [-0.2, -0.15) is 15.1 Å². The average molecular weight is 441 g/mol. The van der Waals surface area contributed by atoms with Crippen molar-refractivity contribution in [3.8, 4) is 11.8 Å². The molecule has 0 aliphatic carbocycles. The lowest BCUT2D eigenvalue weighted by molar-refractivity contribution is 0.139. The summed E-state index contributed by atoms with van der Waals surface area (Å²) in [5.41, 5.74) is 3.00. The summed E-state index contributed by atoms with van der Waals surface area (Å²) in [4.78, 5) is 13.1. The number of benzene rings is 1. The van der Waals surface area contributed by atoms with Crippen LogP contribution in [0.4, 0.5) is 10.2 Å². The Bertz CT molecular complexity index is 1140. The summed E-state index contributed by atoms with van der Waals surface area (Å²) < 4.78 is 22.1. The number of likely N-dealkylation sites (tertiary alicyclic amines) is 1. The van der Waals surface area contributed by atoms with Crippen molar-refractivity contribution in [1.82, 2.24) is 24.6 Å². The summed E-state index contributed by atoms with van der Waals surface area (Å²) in [5.74, 6) is 1.15. The van der Waals surface area contributed by atoms with Crippen molar-refractivity contribution in [3.05, 3.63) is 35.5 Å². The van der Waals surface area contributed by atoms with Gasteiger partial charge in [0, 0.05) is 37.0 Å². The van der Waals surface area contributed by atoms with Crippen LogP contribution in [-0.2, 0) is 0 Å². The summed E-state index contributed by atoms with van der Waals surface area (Å²) in [6, 6.07) is 6.25. The number of hydrogen-bond donors (Lipinski definition) is 1. The topological polar surface area (TPSA) is 79.5 Å². The normalized spacial score (nSPS) is 24.4. The van der Waals surface area contributed by atoms with Gasteiger partial charge in [0.25, 0.3) is 0 Å². The molecule has 0 unspecified atom stereocenters. The average Bonchev–Trinajstić information content (AvgIpc) is 3.39. The number of methoxy groups -OCH3 is 1. The van der Waals surface area contributed by atoms with Gasteiger partial charge in [0.2, 0.25) is 0 Å². The largest absolute Gasteiger partial charge is 0.467 e. The minimum Gasteiger partial charge on any atom is -0.467 e. The highest BCUT2D eigenvalue weighted by molar-refractivity contribution is 5.82. The number of ether oxygens (including phenoxy) is 1. The number of β-amino-alcohol motifs (C(OH)–C–C–N with tert-alkyl or cyclic N) is 1. The van der Waals surface area contributed by atoms with E-state index in [1.807, 2.05) is 36.0 Å². The van der Waals surface area contributed by atoms with Gasteiger partial charge in [0.15, 0.2) is 5.82 Å². The Morgan fingerprint density at radius 3 is 2.62 bits per heavy atom. The lowest BCUT2D eigenvalue weighted by atomic mass is 9.85. The van der Waals surface area contributed by atoms with E-state index < -0.39 is 6.17 Å². The Hall–Kier alpha value is -2.78. The molecule has 8 nitrogen and oxygen atoms in total. The number of nitrogens with zero attached hydrogens (tertiary/aromatic N) is 6. The van der Waals surface area contributed by atoms with Crippen molar-refractivity contribution in [1.29, 1.82) is 0 Å². The second kappa shape index (κ2) is 8.29. The van der Waals surface area contributed by atoms with Crippen molar-refractivity contribution in [2.75, 3.05) is 45.2 Å². The highest BCUT2D eigenvalue weighted by atomic mass is 19.1. The van der Waals surface area contributed by atoms with E-state index in [4.69, 9.17) is 4.74 Å². The number of aryl methyl sites for hydroxylation is 1. The number of anilines is 1. The third-order valence-corrected chi connectivity index (χ3v) is 6.67. The summed E-state index contributed by atoms with van der Waals surface area (Å²) in [7, 11) is 3.50. The van der Waals surface area contributed by atoms with Crippen LogP contribution in [0.2, 0.25) is 0 Å². The van der Waals surface area contributed by atoms with E-state index in [0.29, 0.717) is 31.1 Å². The van der Waals surface area contributed by atoms with Crippen LogP contribution < -0.4 is 9.64 Å². The number of aromatic nitrogens is 4. The first-order valence-electron chi connectivity index (χ1n) is 11.1. The molecule has 5 rings (SSSR count). The predicted molar refractivity (Wildman–Crippen MR) is 121 cm³/mol. The van der Waals surface area contributed by atoms with Crippen LogP contribution in [0.25, 0.3) is 16.7 Å². The number of alkyl halides is 1. The quantitative estimate of drug-likeness (QED) is 0.668. The monoisotopic (exact) mass is 440 g/mol. The first-order valence-corrected chi connectivity index (χ1v) is 11.1. The Labute approximate surface area is 186 Å². The summed E-state index contributed by atoms with van der Waals surface area (Å²) >= 11 is 0. The molecule has 0 radical (unpaired) electrons. The number of fused-ring (bicyclic) bond motifs is 1. The molecular weight excluding hydrogens is 411 g/mol. The first kappa shape index (κ1) is 21.1. The molecule has 2 fully saturated rings. The predicted octanol–water partition coefficient (Wildman–Crippen LogP) is 2.46. The van der Waals surface area contributed by atoms with Gasteiger partial charge in [0.05, 0.1) is 24.9 Å². The van der Waals surface area contributed by atoms with Crippen LogP contribution in [0.5, 0.6) is 6.01 Å². The second-order valence-corrected chi connectivity index (χ2v) is 8.96. The van der Waals surface area contributed by atoms with Crippen LogP contribution in [0.15, 0.2) is 24.4 Å². The molecule has 0 amide bonds. The van der Waals surface area contributed by atoms with Crippen LogP contribution >= 0.6 is 0 Å². The van der Waals surface area contributed by atoms with Crippen LogP contribution in [0.1, 0.15) is 29.9 Å². The summed E-state index contributed by atoms with van der Waals surface area (Å²) in [5, 5.41) is 15.5. The van der Waals surface area contributed by atoms with E-state index in [-0.39, 0.29) is 18.0 Å². The molecule has 2 aromatic heterocycles. The number of hydrogen-bond acceptors (Lipinski definition) is 7. The van der Waals surface area contributed by atoms with E-state index in [1.165, 1.54) is 7.11 Å². The molecule has 0 spiro atoms. The van der Waals surface area contributed by atoms with Gasteiger partial charge in [-0.05, 0) is 56.6 Å². The van der Waals surface area contributed by atoms with E-state index in [1.54, 1.807) is 4.68 Å². The van der Waals surface area contributed by atoms with Crippen molar-refractivity contribution in [2.45, 2.75) is 38.0 Å². The fourth-order valence-electron chi connectivity index (χ4n) is 4.91. The lowest BCUT2D eigenvalue weighted by Gasteiger charge is -2.33. The molecule has 9 heteroatoms. The maximum absolute atomic E-state index is 14.9. The maximum atomic E-state index is 14.9. The minimum atomic E-state index is -0.895. The van der Waals surface area contributed by atoms with Crippen molar-refractivity contribution >= 4 is 16.7 Å². The molecule has 3 atom stereocenters. The van der Waals surface area contributed by atoms with Gasteiger partial charge in [-0.15, -0.1) is 0 Å². The van der Waals surface area contributed by atoms with Crippen molar-refractivity contribution in [3.63, 3.8) is 0 Å². The van der Waals surface area contributed by atoms with Crippen LogP contribution in [0, 0.1) is 6.92 Å². The molecule has 2 aliphatic heterocycles. The Kier molecular flexibility index (Phi) is 5.46. The van der Waals surface area contributed by atoms with Crippen LogP contribution in [0.3, 0.4) is 0 Å². The Morgan fingerprint density at radius 2 is 1.91 bits per heavy atom. The summed E-state index contributed by atoms with van der Waals surface area (Å²) in [6.45, 7) is 4.63. The zero-order valence-electron chi connectivity index (χ0n) is 18.7. The molecule has 170 valence electrons. The third kappa shape index (κ3) is 3.80. The minimum absolute atomic E-state index is 0.125. The molecule has 4 heterocycles. The number of aliphatic hydroxyl groups is 1. The van der Waals surface area contributed by atoms with Crippen molar-refractivity contribution in [2.24, 2.45) is 0 Å². The number of halogens is 1. The maximum Gasteiger partial charge on any atom is 0.320 e. The van der Waals surface area contributed by atoms with Gasteiger partial charge in [-0.25, -0.2) is 9.07 Å².